The van der Waals surface area contributed by atoms with Crippen molar-refractivity contribution in [3.8, 4) is 0 Å². The quantitative estimate of drug-likeness (QED) is 0.491. The van der Waals surface area contributed by atoms with Gasteiger partial charge >= 0.3 is 24.3 Å². The van der Waals surface area contributed by atoms with Crippen LogP contribution < -0.4 is 0 Å². The highest BCUT2D eigenvalue weighted by Gasteiger charge is 2.64. The lowest BCUT2D eigenvalue weighted by molar-refractivity contribution is -0.193. The third kappa shape index (κ3) is 7.89. The third-order valence-electron chi connectivity index (χ3n) is 8.52. The molecule has 1 amide bonds. The Morgan fingerprint density at radius 1 is 0.951 bits per heavy atom. The number of rotatable bonds is 3. The molecule has 41 heavy (non-hydrogen) atoms. The van der Waals surface area contributed by atoms with Crippen LogP contribution in [-0.2, 0) is 20.9 Å². The molecular formula is C25H34F6N4O5S. The van der Waals surface area contributed by atoms with Crippen molar-refractivity contribution in [3.63, 3.8) is 0 Å². The summed E-state index contributed by atoms with van der Waals surface area (Å²) in [6, 6.07) is 0. The highest BCUT2D eigenvalue weighted by atomic mass is 32.1. The van der Waals surface area contributed by atoms with Crippen molar-refractivity contribution in [3.05, 3.63) is 16.6 Å². The van der Waals surface area contributed by atoms with Gasteiger partial charge in [-0.2, -0.15) is 26.3 Å². The molecule has 0 aromatic carbocycles. The SMILES string of the molecule is CN1C[C@H]2C3(CCN(Cc4nccs4)CC3)CC[C@@]2(C(=O)N2CCCC2)C1.O=C(O)C(F)(F)F.O=C(O)C(F)(F)F. The lowest BCUT2D eigenvalue weighted by atomic mass is 9.65. The van der Waals surface area contributed by atoms with Crippen molar-refractivity contribution in [2.75, 3.05) is 46.3 Å². The van der Waals surface area contributed by atoms with E-state index >= 15 is 0 Å². The van der Waals surface area contributed by atoms with Crippen LogP contribution in [-0.4, -0.2) is 106 Å². The molecule has 4 heterocycles. The number of thiazole rings is 1. The summed E-state index contributed by atoms with van der Waals surface area (Å²) in [5.41, 5.74) is 0.302. The Hall–Kier alpha value is -2.46. The maximum Gasteiger partial charge on any atom is 0.490 e. The molecule has 0 radical (unpaired) electrons. The van der Waals surface area contributed by atoms with Gasteiger partial charge in [-0.1, -0.05) is 0 Å². The molecule has 1 aliphatic carbocycles. The van der Waals surface area contributed by atoms with E-state index < -0.39 is 24.3 Å². The fourth-order valence-corrected chi connectivity index (χ4v) is 7.32. The number of carboxylic acids is 2. The number of halogens is 6. The van der Waals surface area contributed by atoms with E-state index in [1.165, 1.54) is 37.1 Å². The Morgan fingerprint density at radius 3 is 1.95 bits per heavy atom. The van der Waals surface area contributed by atoms with Gasteiger partial charge in [0, 0.05) is 37.8 Å². The molecule has 1 saturated carbocycles. The number of carboxylic acid groups (broad SMARTS) is 2. The predicted octanol–water partition coefficient (Wildman–Crippen LogP) is 3.96. The van der Waals surface area contributed by atoms with Gasteiger partial charge in [0.25, 0.3) is 0 Å². The number of hydrogen-bond donors (Lipinski definition) is 2. The van der Waals surface area contributed by atoms with Crippen LogP contribution in [0.5, 0.6) is 0 Å². The number of fused-ring (bicyclic) bond motifs is 2. The molecule has 9 nitrogen and oxygen atoms in total. The Morgan fingerprint density at radius 2 is 1.49 bits per heavy atom. The lowest BCUT2D eigenvalue weighted by Gasteiger charge is -2.44. The normalized spacial score (nSPS) is 26.1. The number of aromatic nitrogens is 1. The Balaban J connectivity index is 0.000000276. The van der Waals surface area contributed by atoms with Gasteiger partial charge in [0.1, 0.15) is 5.01 Å². The minimum atomic E-state index is -5.08. The fourth-order valence-electron chi connectivity index (χ4n) is 6.66. The number of alkyl halides is 6. The molecule has 1 spiro atoms. The summed E-state index contributed by atoms with van der Waals surface area (Å²) < 4.78 is 63.5. The van der Waals surface area contributed by atoms with Crippen molar-refractivity contribution < 1.29 is 50.9 Å². The zero-order valence-corrected chi connectivity index (χ0v) is 23.3. The molecule has 2 atom stereocenters. The number of nitrogens with zero attached hydrogens (tertiary/aromatic N) is 4. The van der Waals surface area contributed by atoms with Crippen LogP contribution in [0.3, 0.4) is 0 Å². The van der Waals surface area contributed by atoms with E-state index in [1.807, 2.05) is 6.20 Å². The molecule has 2 N–H and O–H groups in total. The van der Waals surface area contributed by atoms with Gasteiger partial charge in [-0.15, -0.1) is 11.3 Å². The summed E-state index contributed by atoms with van der Waals surface area (Å²) in [6.45, 7) is 7.40. The van der Waals surface area contributed by atoms with Crippen LogP contribution in [0, 0.1) is 16.7 Å². The van der Waals surface area contributed by atoms with E-state index in [-0.39, 0.29) is 5.41 Å². The number of aliphatic carboxylic acids is 2. The molecule has 4 aliphatic rings. The molecule has 5 rings (SSSR count). The van der Waals surface area contributed by atoms with Crippen molar-refractivity contribution in [1.29, 1.82) is 0 Å². The van der Waals surface area contributed by atoms with Gasteiger partial charge in [-0.05, 0) is 70.0 Å². The second kappa shape index (κ2) is 12.8. The number of amides is 1. The van der Waals surface area contributed by atoms with Gasteiger partial charge < -0.3 is 20.0 Å². The number of hydrogen-bond acceptors (Lipinski definition) is 7. The van der Waals surface area contributed by atoms with Crippen molar-refractivity contribution >= 4 is 29.2 Å². The van der Waals surface area contributed by atoms with Crippen LogP contribution in [0.4, 0.5) is 26.3 Å². The monoisotopic (exact) mass is 616 g/mol. The van der Waals surface area contributed by atoms with Gasteiger partial charge in [0.15, 0.2) is 0 Å². The van der Waals surface area contributed by atoms with Gasteiger partial charge in [0.2, 0.25) is 5.91 Å². The third-order valence-corrected chi connectivity index (χ3v) is 9.28. The van der Waals surface area contributed by atoms with E-state index in [0.29, 0.717) is 17.2 Å². The first-order valence-electron chi connectivity index (χ1n) is 13.2. The highest BCUT2D eigenvalue weighted by Crippen LogP contribution is 2.62. The molecule has 4 fully saturated rings. The molecule has 1 aromatic heterocycles. The smallest absolute Gasteiger partial charge is 0.475 e. The Bertz CT molecular complexity index is 1030. The number of carbonyl (C=O) groups excluding carboxylic acids is 1. The number of likely N-dealkylation sites (tertiary alicyclic amines) is 3. The highest BCUT2D eigenvalue weighted by molar-refractivity contribution is 7.09. The van der Waals surface area contributed by atoms with E-state index in [2.05, 4.69) is 32.1 Å². The summed E-state index contributed by atoms with van der Waals surface area (Å²) in [5.74, 6) is -4.46. The first kappa shape index (κ1) is 33.0. The zero-order valence-electron chi connectivity index (χ0n) is 22.5. The molecule has 3 aliphatic heterocycles. The van der Waals surface area contributed by atoms with E-state index in [0.717, 1.165) is 52.2 Å². The average molecular weight is 617 g/mol. The van der Waals surface area contributed by atoms with E-state index in [1.54, 1.807) is 11.3 Å². The van der Waals surface area contributed by atoms with Gasteiger partial charge in [0.05, 0.1) is 12.0 Å². The Kier molecular flexibility index (Phi) is 10.3. The summed E-state index contributed by atoms with van der Waals surface area (Å²) in [4.78, 5) is 43.1. The second-order valence-corrected chi connectivity index (χ2v) is 12.1. The zero-order chi connectivity index (χ0) is 30.6. The lowest BCUT2D eigenvalue weighted by Crippen LogP contribution is -2.49. The molecular weight excluding hydrogens is 582 g/mol. The largest absolute Gasteiger partial charge is 0.490 e. The fraction of sp³-hybridized carbons (Fsp3) is 0.760. The summed E-state index contributed by atoms with van der Waals surface area (Å²) >= 11 is 1.76. The van der Waals surface area contributed by atoms with E-state index in [9.17, 15) is 31.1 Å². The van der Waals surface area contributed by atoms with Crippen molar-refractivity contribution in [1.82, 2.24) is 19.7 Å². The Labute approximate surface area is 237 Å². The minimum absolute atomic E-state index is 0.0867. The van der Waals surface area contributed by atoms with E-state index in [4.69, 9.17) is 19.8 Å². The topological polar surface area (TPSA) is 114 Å². The first-order chi connectivity index (χ1) is 19.0. The van der Waals surface area contributed by atoms with Crippen molar-refractivity contribution in [2.45, 2.75) is 57.4 Å². The van der Waals surface area contributed by atoms with Gasteiger partial charge in [-0.3, -0.25) is 9.69 Å². The molecule has 3 saturated heterocycles. The van der Waals surface area contributed by atoms with Crippen LogP contribution in [0.25, 0.3) is 0 Å². The van der Waals surface area contributed by atoms with Crippen LogP contribution in [0.15, 0.2) is 11.6 Å². The first-order valence-corrected chi connectivity index (χ1v) is 14.1. The molecule has 0 bridgehead atoms. The number of carbonyl (C=O) groups is 3. The van der Waals surface area contributed by atoms with Crippen LogP contribution >= 0.6 is 11.3 Å². The van der Waals surface area contributed by atoms with Crippen molar-refractivity contribution in [2.24, 2.45) is 16.7 Å². The molecule has 232 valence electrons. The molecule has 16 heteroatoms. The molecule has 0 unspecified atom stereocenters. The second-order valence-electron chi connectivity index (χ2n) is 11.1. The number of piperidine rings is 1. The maximum atomic E-state index is 13.6. The minimum Gasteiger partial charge on any atom is -0.475 e. The standard InChI is InChI=1S/C21H32N4OS.2C2HF3O2/c1-23-14-17-20(6-11-24(12-7-20)15-18-22-8-13-27-18)4-5-21(17,16-23)19(26)25-9-2-3-10-25;2*3-2(4,5)1(6)7/h8,13,17H,2-7,9-12,14-16H2,1H3;2*(H,6,7)/t17-,21+;;/m0../s1. The summed E-state index contributed by atoms with van der Waals surface area (Å²) in [5, 5.41) is 17.6. The average Bonchev–Trinajstić information content (AvgIpc) is 3.67. The van der Waals surface area contributed by atoms with Crippen LogP contribution in [0.2, 0.25) is 0 Å². The molecule has 1 aromatic rings. The summed E-state index contributed by atoms with van der Waals surface area (Å²) in [6.07, 6.45) is -0.981. The predicted molar refractivity (Wildman–Crippen MR) is 135 cm³/mol. The van der Waals surface area contributed by atoms with Crippen LogP contribution in [0.1, 0.15) is 43.5 Å². The maximum absolute atomic E-state index is 13.6. The van der Waals surface area contributed by atoms with Gasteiger partial charge in [-0.25, -0.2) is 14.6 Å². The summed E-state index contributed by atoms with van der Waals surface area (Å²) in [7, 11) is 2.22.